The fourth-order valence-electron chi connectivity index (χ4n) is 1.94. The van der Waals surface area contributed by atoms with Gasteiger partial charge in [0.05, 0.1) is 0 Å². The van der Waals surface area contributed by atoms with Crippen LogP contribution in [-0.4, -0.2) is 16.7 Å². The Labute approximate surface area is 108 Å². The Morgan fingerprint density at radius 3 is 3.00 bits per heavy atom. The average molecular weight is 245 g/mol. The van der Waals surface area contributed by atoms with Crippen molar-refractivity contribution in [1.29, 1.82) is 0 Å². The van der Waals surface area contributed by atoms with Gasteiger partial charge in [-0.05, 0) is 37.3 Å². The van der Waals surface area contributed by atoms with Crippen molar-refractivity contribution in [1.82, 2.24) is 4.98 Å². The first-order valence-corrected chi connectivity index (χ1v) is 6.43. The maximum absolute atomic E-state index is 9.96. The van der Waals surface area contributed by atoms with E-state index in [9.17, 15) is 5.11 Å². The van der Waals surface area contributed by atoms with Crippen LogP contribution in [-0.2, 0) is 11.2 Å². The minimum Gasteiger partial charge on any atom is -0.503 e. The zero-order valence-corrected chi connectivity index (χ0v) is 10.6. The van der Waals surface area contributed by atoms with E-state index >= 15 is 0 Å². The van der Waals surface area contributed by atoms with Crippen molar-refractivity contribution >= 4 is 5.76 Å². The van der Waals surface area contributed by atoms with Gasteiger partial charge in [-0.25, -0.2) is 0 Å². The molecule has 2 heterocycles. The van der Waals surface area contributed by atoms with Gasteiger partial charge in [-0.1, -0.05) is 18.6 Å². The molecule has 1 aromatic rings. The van der Waals surface area contributed by atoms with E-state index in [0.717, 1.165) is 24.8 Å². The topological polar surface area (TPSA) is 45.7 Å². The molecule has 0 saturated carbocycles. The van der Waals surface area contributed by atoms with Gasteiger partial charge in [-0.2, -0.15) is 0 Å². The molecule has 3 heteroatoms. The molecule has 1 aromatic heterocycles. The molecule has 1 N–H and O–H groups in total. The molecule has 0 bridgehead atoms. The first kappa shape index (κ1) is 12.7. The van der Waals surface area contributed by atoms with Gasteiger partial charge in [-0.3, -0.25) is 4.98 Å². The highest BCUT2D eigenvalue weighted by Crippen LogP contribution is 2.27. The highest BCUT2D eigenvalue weighted by Gasteiger charge is 2.23. The lowest BCUT2D eigenvalue weighted by atomic mass is 10.0. The minimum atomic E-state index is 0.205. The maximum atomic E-state index is 9.96. The molecule has 1 fully saturated rings. The quantitative estimate of drug-likeness (QED) is 0.345. The number of aliphatic hydroxyl groups is 1. The molecule has 3 nitrogen and oxygen atoms in total. The van der Waals surface area contributed by atoms with Gasteiger partial charge < -0.3 is 9.84 Å². The lowest BCUT2D eigenvalue weighted by Gasteiger charge is -2.06. The van der Waals surface area contributed by atoms with Crippen LogP contribution in [0.3, 0.4) is 0 Å². The van der Waals surface area contributed by atoms with Crippen molar-refractivity contribution in [2.75, 3.05) is 6.61 Å². The number of rotatable bonds is 7. The van der Waals surface area contributed by atoms with E-state index in [-0.39, 0.29) is 5.76 Å². The second-order valence-electron chi connectivity index (χ2n) is 4.46. The molecule has 0 radical (unpaired) electrons. The molecule has 0 amide bonds. The number of pyridine rings is 1. The third-order valence-electron chi connectivity index (χ3n) is 3.02. The number of ether oxygens (including phenoxy) is 1. The van der Waals surface area contributed by atoms with Gasteiger partial charge in [0.1, 0.15) is 12.3 Å². The molecule has 96 valence electrons. The van der Waals surface area contributed by atoms with Crippen LogP contribution in [0.2, 0.25) is 0 Å². The molecule has 2 rings (SSSR count). The molecule has 0 aliphatic carbocycles. The predicted molar refractivity (Wildman–Crippen MR) is 72.1 cm³/mol. The summed E-state index contributed by atoms with van der Waals surface area (Å²) in [6, 6.07) is 3.93. The Kier molecular flexibility index (Phi) is 4.40. The van der Waals surface area contributed by atoms with Crippen LogP contribution < -0.4 is 0 Å². The van der Waals surface area contributed by atoms with Crippen LogP contribution in [0.15, 0.2) is 36.7 Å². The predicted octanol–water partition coefficient (Wildman–Crippen LogP) is 3.63. The summed E-state index contributed by atoms with van der Waals surface area (Å²) < 4.78 is 5.02. The van der Waals surface area contributed by atoms with Crippen molar-refractivity contribution in [3.05, 3.63) is 48.0 Å². The SMILES string of the molecule is C=CCCCCCc1cccnc1/C(O)=C1/CO1. The molecule has 1 aliphatic heterocycles. The fraction of sp³-hybridized carbons (Fsp3) is 0.400. The van der Waals surface area contributed by atoms with E-state index in [1.807, 2.05) is 18.2 Å². The Hall–Kier alpha value is -1.77. The largest absolute Gasteiger partial charge is 0.503 e. The van der Waals surface area contributed by atoms with E-state index in [4.69, 9.17) is 4.74 Å². The van der Waals surface area contributed by atoms with Gasteiger partial charge in [0.25, 0.3) is 0 Å². The summed E-state index contributed by atoms with van der Waals surface area (Å²) in [5, 5.41) is 9.96. The Morgan fingerprint density at radius 2 is 2.28 bits per heavy atom. The van der Waals surface area contributed by atoms with Crippen LogP contribution in [0.25, 0.3) is 5.76 Å². The number of allylic oxidation sites excluding steroid dienone is 1. The van der Waals surface area contributed by atoms with E-state index < -0.39 is 0 Å². The lowest BCUT2D eigenvalue weighted by Crippen LogP contribution is -1.97. The second kappa shape index (κ2) is 6.24. The molecule has 0 spiro atoms. The summed E-state index contributed by atoms with van der Waals surface area (Å²) in [7, 11) is 0. The minimum absolute atomic E-state index is 0.205. The van der Waals surface area contributed by atoms with Gasteiger partial charge in [0.2, 0.25) is 0 Å². The van der Waals surface area contributed by atoms with Crippen LogP contribution in [0.5, 0.6) is 0 Å². The number of aromatic nitrogens is 1. The summed E-state index contributed by atoms with van der Waals surface area (Å²) in [5.74, 6) is 0.860. The highest BCUT2D eigenvalue weighted by molar-refractivity contribution is 5.62. The van der Waals surface area contributed by atoms with Gasteiger partial charge in [0.15, 0.2) is 11.5 Å². The lowest BCUT2D eigenvalue weighted by molar-refractivity contribution is 0.467. The fourth-order valence-corrected chi connectivity index (χ4v) is 1.94. The molecular formula is C15H19NO2. The van der Waals surface area contributed by atoms with Crippen LogP contribution in [0.1, 0.15) is 36.9 Å². The van der Waals surface area contributed by atoms with Crippen molar-refractivity contribution in [3.63, 3.8) is 0 Å². The summed E-state index contributed by atoms with van der Waals surface area (Å²) in [4.78, 5) is 4.25. The van der Waals surface area contributed by atoms with Crippen molar-refractivity contribution in [2.24, 2.45) is 0 Å². The maximum Gasteiger partial charge on any atom is 0.183 e. The Bertz CT molecular complexity index is 446. The van der Waals surface area contributed by atoms with E-state index in [2.05, 4.69) is 11.6 Å². The molecule has 1 aliphatic rings. The summed E-state index contributed by atoms with van der Waals surface area (Å²) >= 11 is 0. The van der Waals surface area contributed by atoms with E-state index in [1.165, 1.54) is 12.8 Å². The normalized spacial score (nSPS) is 16.0. The molecule has 18 heavy (non-hydrogen) atoms. The van der Waals surface area contributed by atoms with E-state index in [0.29, 0.717) is 18.1 Å². The van der Waals surface area contributed by atoms with Crippen molar-refractivity contribution in [2.45, 2.75) is 32.1 Å². The number of aliphatic hydroxyl groups excluding tert-OH is 1. The molecular weight excluding hydrogens is 226 g/mol. The molecule has 0 atom stereocenters. The Morgan fingerprint density at radius 1 is 1.44 bits per heavy atom. The van der Waals surface area contributed by atoms with E-state index in [1.54, 1.807) is 6.20 Å². The number of nitrogens with zero attached hydrogens (tertiary/aromatic N) is 1. The third kappa shape index (κ3) is 3.36. The second-order valence-corrected chi connectivity index (χ2v) is 4.46. The summed E-state index contributed by atoms with van der Waals surface area (Å²) in [6.45, 7) is 4.25. The summed E-state index contributed by atoms with van der Waals surface area (Å²) in [6.07, 6.45) is 9.13. The average Bonchev–Trinajstić information content (AvgIpc) is 3.22. The molecule has 0 unspecified atom stereocenters. The number of epoxide rings is 1. The van der Waals surface area contributed by atoms with Gasteiger partial charge >= 0.3 is 0 Å². The number of hydrogen-bond donors (Lipinski definition) is 1. The zero-order chi connectivity index (χ0) is 12.8. The summed E-state index contributed by atoms with van der Waals surface area (Å²) in [5.41, 5.74) is 1.77. The van der Waals surface area contributed by atoms with Crippen molar-refractivity contribution in [3.8, 4) is 0 Å². The standard InChI is InChI=1S/C15H19NO2/c1-2-3-4-5-6-8-12-9-7-10-16-14(12)15(17)13-11-18-13/h2,7,9-10,17H,1,3-6,8,11H2/b15-13+. The zero-order valence-electron chi connectivity index (χ0n) is 10.6. The van der Waals surface area contributed by atoms with Gasteiger partial charge in [-0.15, -0.1) is 6.58 Å². The number of unbranched alkanes of at least 4 members (excludes halogenated alkanes) is 3. The Balaban J connectivity index is 1.95. The smallest absolute Gasteiger partial charge is 0.183 e. The number of aryl methyl sites for hydroxylation is 1. The third-order valence-corrected chi connectivity index (χ3v) is 3.02. The first-order valence-electron chi connectivity index (χ1n) is 6.43. The molecule has 1 saturated heterocycles. The van der Waals surface area contributed by atoms with Crippen molar-refractivity contribution < 1.29 is 9.84 Å². The van der Waals surface area contributed by atoms with Crippen LogP contribution in [0.4, 0.5) is 0 Å². The van der Waals surface area contributed by atoms with Crippen LogP contribution >= 0.6 is 0 Å². The molecule has 0 aromatic carbocycles. The van der Waals surface area contributed by atoms with Gasteiger partial charge in [0, 0.05) is 6.20 Å². The highest BCUT2D eigenvalue weighted by atomic mass is 16.6. The first-order chi connectivity index (χ1) is 8.83. The number of hydrogen-bond acceptors (Lipinski definition) is 3. The van der Waals surface area contributed by atoms with Crippen LogP contribution in [0, 0.1) is 0 Å². The monoisotopic (exact) mass is 245 g/mol.